The van der Waals surface area contributed by atoms with E-state index in [2.05, 4.69) is 16.8 Å². The van der Waals surface area contributed by atoms with Crippen molar-refractivity contribution < 1.29 is 4.39 Å². The Morgan fingerprint density at radius 3 is 2.65 bits per heavy atom. The average Bonchev–Trinajstić information content (AvgIpc) is 2.97. The van der Waals surface area contributed by atoms with Gasteiger partial charge in [0.15, 0.2) is 11.0 Å². The van der Waals surface area contributed by atoms with Crippen molar-refractivity contribution in [1.82, 2.24) is 14.8 Å². The predicted octanol–water partition coefficient (Wildman–Crippen LogP) is 4.56. The Morgan fingerprint density at radius 1 is 1.09 bits per heavy atom. The van der Waals surface area contributed by atoms with Gasteiger partial charge in [0.25, 0.3) is 0 Å². The molecule has 3 rings (SSSR count). The number of benzene rings is 2. The van der Waals surface area contributed by atoms with Gasteiger partial charge in [-0.3, -0.25) is 4.57 Å². The maximum atomic E-state index is 13.3. The van der Waals surface area contributed by atoms with Gasteiger partial charge in [-0.2, -0.15) is 0 Å². The fraction of sp³-hybridized carbons (Fsp3) is 0.111. The largest absolute Gasteiger partial charge is 0.298 e. The molecule has 0 spiro atoms. The molecule has 23 heavy (non-hydrogen) atoms. The van der Waals surface area contributed by atoms with E-state index in [4.69, 9.17) is 0 Å². The molecule has 1 heterocycles. The van der Waals surface area contributed by atoms with Crippen molar-refractivity contribution in [2.24, 2.45) is 0 Å². The van der Waals surface area contributed by atoms with E-state index in [0.717, 1.165) is 22.1 Å². The zero-order chi connectivity index (χ0) is 16.1. The number of halogens is 1. The molecule has 116 valence electrons. The summed E-state index contributed by atoms with van der Waals surface area (Å²) in [6.07, 6.45) is 1.82. The Hall–Kier alpha value is -2.40. The highest BCUT2D eigenvalue weighted by molar-refractivity contribution is 7.98. The molecule has 0 saturated heterocycles. The molecule has 0 atom stereocenters. The Kier molecular flexibility index (Phi) is 4.88. The molecule has 2 aromatic carbocycles. The number of aromatic nitrogens is 3. The summed E-state index contributed by atoms with van der Waals surface area (Å²) in [5.41, 5.74) is 1.93. The molecule has 0 aliphatic heterocycles. The lowest BCUT2D eigenvalue weighted by molar-refractivity contribution is 0.626. The minimum Gasteiger partial charge on any atom is -0.298 e. The summed E-state index contributed by atoms with van der Waals surface area (Å²) in [7, 11) is 0. The Balaban J connectivity index is 1.85. The third-order valence-corrected chi connectivity index (χ3v) is 4.36. The Bertz CT molecular complexity index is 799. The van der Waals surface area contributed by atoms with Gasteiger partial charge in [-0.15, -0.1) is 16.8 Å². The van der Waals surface area contributed by atoms with Crippen LogP contribution in [0.15, 0.2) is 72.4 Å². The minimum absolute atomic E-state index is 0.222. The minimum atomic E-state index is -0.222. The second-order valence-corrected chi connectivity index (χ2v) is 5.93. The van der Waals surface area contributed by atoms with E-state index in [0.29, 0.717) is 12.3 Å². The summed E-state index contributed by atoms with van der Waals surface area (Å²) < 4.78 is 15.3. The molecule has 0 N–H and O–H groups in total. The topological polar surface area (TPSA) is 30.7 Å². The first-order chi connectivity index (χ1) is 11.3. The van der Waals surface area contributed by atoms with Crippen LogP contribution in [-0.2, 0) is 12.3 Å². The lowest BCUT2D eigenvalue weighted by Gasteiger charge is -2.07. The van der Waals surface area contributed by atoms with Crippen molar-refractivity contribution in [1.29, 1.82) is 0 Å². The van der Waals surface area contributed by atoms with Gasteiger partial charge < -0.3 is 0 Å². The first-order valence-electron chi connectivity index (χ1n) is 7.24. The Morgan fingerprint density at radius 2 is 1.91 bits per heavy atom. The summed E-state index contributed by atoms with van der Waals surface area (Å²) >= 11 is 1.54. The molecule has 0 amide bonds. The molecule has 0 unspecified atom stereocenters. The molecule has 5 heteroatoms. The van der Waals surface area contributed by atoms with Gasteiger partial charge in [-0.1, -0.05) is 60.3 Å². The number of rotatable bonds is 6. The van der Waals surface area contributed by atoms with E-state index < -0.39 is 0 Å². The van der Waals surface area contributed by atoms with E-state index in [1.165, 1.54) is 17.8 Å². The van der Waals surface area contributed by atoms with Crippen molar-refractivity contribution in [3.05, 3.63) is 78.6 Å². The van der Waals surface area contributed by atoms with Crippen LogP contribution >= 0.6 is 11.8 Å². The van der Waals surface area contributed by atoms with E-state index in [1.807, 2.05) is 47.0 Å². The van der Waals surface area contributed by atoms with Crippen LogP contribution in [0.25, 0.3) is 11.4 Å². The molecule has 0 aliphatic rings. The zero-order valence-electron chi connectivity index (χ0n) is 12.5. The van der Waals surface area contributed by atoms with E-state index in [-0.39, 0.29) is 5.82 Å². The molecule has 0 saturated carbocycles. The molecular formula is C18H16FN3S. The second-order valence-electron chi connectivity index (χ2n) is 4.99. The Labute approximate surface area is 138 Å². The van der Waals surface area contributed by atoms with Gasteiger partial charge in [-0.25, -0.2) is 4.39 Å². The van der Waals surface area contributed by atoms with Crippen molar-refractivity contribution in [2.75, 3.05) is 0 Å². The highest BCUT2D eigenvalue weighted by atomic mass is 32.2. The maximum Gasteiger partial charge on any atom is 0.192 e. The van der Waals surface area contributed by atoms with Crippen molar-refractivity contribution in [3.8, 4) is 11.4 Å². The normalized spacial score (nSPS) is 10.7. The quantitative estimate of drug-likeness (QED) is 0.491. The molecule has 3 aromatic rings. The number of hydrogen-bond donors (Lipinski definition) is 0. The number of allylic oxidation sites excluding steroid dienone is 1. The summed E-state index contributed by atoms with van der Waals surface area (Å²) in [5.74, 6) is 1.23. The van der Waals surface area contributed by atoms with Crippen LogP contribution < -0.4 is 0 Å². The van der Waals surface area contributed by atoms with Crippen LogP contribution in [0.2, 0.25) is 0 Å². The standard InChI is InChI=1S/C18H16FN3S/c1-2-11-22-17(15-8-4-3-5-9-15)20-21-18(22)23-13-14-7-6-10-16(19)12-14/h2-10,12H,1,11,13H2. The van der Waals surface area contributed by atoms with E-state index >= 15 is 0 Å². The average molecular weight is 325 g/mol. The lowest BCUT2D eigenvalue weighted by Crippen LogP contribution is -2.00. The molecule has 0 radical (unpaired) electrons. The molecule has 3 nitrogen and oxygen atoms in total. The van der Waals surface area contributed by atoms with Crippen LogP contribution in [0.1, 0.15) is 5.56 Å². The molecular weight excluding hydrogens is 309 g/mol. The summed E-state index contributed by atoms with van der Waals surface area (Å²) in [6.45, 7) is 4.43. The predicted molar refractivity (Wildman–Crippen MR) is 91.6 cm³/mol. The monoisotopic (exact) mass is 325 g/mol. The second kappa shape index (κ2) is 7.24. The third kappa shape index (κ3) is 3.68. The van der Waals surface area contributed by atoms with Gasteiger partial charge in [0.2, 0.25) is 0 Å². The molecule has 0 aliphatic carbocycles. The van der Waals surface area contributed by atoms with Crippen LogP contribution in [0.4, 0.5) is 4.39 Å². The smallest absolute Gasteiger partial charge is 0.192 e. The first-order valence-corrected chi connectivity index (χ1v) is 8.23. The summed E-state index contributed by atoms with van der Waals surface area (Å²) in [5, 5.41) is 9.39. The number of thioether (sulfide) groups is 1. The van der Waals surface area contributed by atoms with Crippen LogP contribution in [0.3, 0.4) is 0 Å². The number of nitrogens with zero attached hydrogens (tertiary/aromatic N) is 3. The molecule has 1 aromatic heterocycles. The highest BCUT2D eigenvalue weighted by Crippen LogP contribution is 2.26. The van der Waals surface area contributed by atoms with Gasteiger partial charge >= 0.3 is 0 Å². The van der Waals surface area contributed by atoms with Crippen molar-refractivity contribution >= 4 is 11.8 Å². The van der Waals surface area contributed by atoms with Gasteiger partial charge in [0.1, 0.15) is 5.82 Å². The maximum absolute atomic E-state index is 13.3. The fourth-order valence-electron chi connectivity index (χ4n) is 2.26. The van der Waals surface area contributed by atoms with Crippen LogP contribution in [0.5, 0.6) is 0 Å². The summed E-state index contributed by atoms with van der Waals surface area (Å²) in [4.78, 5) is 0. The van der Waals surface area contributed by atoms with Gasteiger partial charge in [-0.05, 0) is 17.7 Å². The van der Waals surface area contributed by atoms with Crippen LogP contribution in [-0.4, -0.2) is 14.8 Å². The van der Waals surface area contributed by atoms with Gasteiger partial charge in [0, 0.05) is 17.9 Å². The van der Waals surface area contributed by atoms with Crippen molar-refractivity contribution in [3.63, 3.8) is 0 Å². The van der Waals surface area contributed by atoms with E-state index in [9.17, 15) is 4.39 Å². The summed E-state index contributed by atoms with van der Waals surface area (Å²) in [6, 6.07) is 16.5. The van der Waals surface area contributed by atoms with Gasteiger partial charge in [0.05, 0.1) is 0 Å². The van der Waals surface area contributed by atoms with Crippen molar-refractivity contribution in [2.45, 2.75) is 17.5 Å². The highest BCUT2D eigenvalue weighted by Gasteiger charge is 2.13. The number of hydrogen-bond acceptors (Lipinski definition) is 3. The fourth-order valence-corrected chi connectivity index (χ4v) is 3.16. The molecule has 0 bridgehead atoms. The van der Waals surface area contributed by atoms with Crippen LogP contribution in [0, 0.1) is 5.82 Å². The third-order valence-electron chi connectivity index (χ3n) is 3.32. The molecule has 0 fully saturated rings. The lowest BCUT2D eigenvalue weighted by atomic mass is 10.2. The first kappa shape index (κ1) is 15.5. The SMILES string of the molecule is C=CCn1c(SCc2cccc(F)c2)nnc1-c1ccccc1. The zero-order valence-corrected chi connectivity index (χ0v) is 13.3. The van der Waals surface area contributed by atoms with E-state index in [1.54, 1.807) is 12.1 Å².